The van der Waals surface area contributed by atoms with Crippen molar-refractivity contribution in [3.63, 3.8) is 0 Å². The van der Waals surface area contributed by atoms with Crippen LogP contribution in [0.2, 0.25) is 0 Å². The van der Waals surface area contributed by atoms with Crippen LogP contribution in [0, 0.1) is 0 Å². The Labute approximate surface area is 692 Å². The molecule has 120 heavy (non-hydrogen) atoms. The Kier molecular flexibility index (Phi) is 20.9. The minimum absolute atomic E-state index is 0.461. The van der Waals surface area contributed by atoms with Crippen LogP contribution in [0.5, 0.6) is 0 Å². The van der Waals surface area contributed by atoms with Gasteiger partial charge in [0.1, 0.15) is 5.69 Å². The average molecular weight is 1540 g/mol. The third-order valence-corrected chi connectivity index (χ3v) is 20.1. The van der Waals surface area contributed by atoms with Crippen LogP contribution in [-0.2, 0) is 0 Å². The van der Waals surface area contributed by atoms with E-state index in [0.717, 1.165) is 123 Å². The molecule has 0 atom stereocenters. The van der Waals surface area contributed by atoms with Gasteiger partial charge < -0.3 is 0 Å². The van der Waals surface area contributed by atoms with Gasteiger partial charge in [-0.2, -0.15) is 0 Å². The van der Waals surface area contributed by atoms with Crippen molar-refractivity contribution in [3.05, 3.63) is 413 Å². The summed E-state index contributed by atoms with van der Waals surface area (Å²) in [5.41, 5.74) is 23.4. The average Bonchev–Trinajstić information content (AvgIpc) is 0.773. The summed E-state index contributed by atoms with van der Waals surface area (Å²) in [6.07, 6.45) is 5.36. The quantitative estimate of drug-likeness (QED) is 0.0783. The van der Waals surface area contributed by atoms with E-state index in [2.05, 4.69) is 96.0 Å². The maximum Gasteiger partial charge on any atom is 0.182 e. The summed E-state index contributed by atoms with van der Waals surface area (Å²) in [5.74, 6) is 4.69. The van der Waals surface area contributed by atoms with Crippen molar-refractivity contribution in [2.24, 2.45) is 0 Å². The van der Waals surface area contributed by atoms with Crippen molar-refractivity contribution >= 4 is 0 Å². The van der Waals surface area contributed by atoms with Crippen molar-refractivity contribution in [2.45, 2.75) is 0 Å². The van der Waals surface area contributed by atoms with Crippen LogP contribution in [0.1, 0.15) is 0 Å². The molecule has 0 N–H and O–H groups in total. The van der Waals surface area contributed by atoms with Gasteiger partial charge in [-0.15, -0.1) is 0 Å². The number of hydrogen-bond donors (Lipinski definition) is 0. The van der Waals surface area contributed by atoms with E-state index in [0.29, 0.717) is 80.8 Å². The maximum atomic E-state index is 5.19. The highest BCUT2D eigenvalue weighted by Crippen LogP contribution is 2.41. The third kappa shape index (κ3) is 16.4. The van der Waals surface area contributed by atoms with Crippen LogP contribution >= 0.6 is 0 Å². The van der Waals surface area contributed by atoms with E-state index >= 15 is 0 Å². The molecule has 0 spiro atoms. The molecule has 16 heteroatoms. The van der Waals surface area contributed by atoms with Gasteiger partial charge >= 0.3 is 0 Å². The minimum atomic E-state index is 0.461. The summed E-state index contributed by atoms with van der Waals surface area (Å²) in [5, 5.41) is 0. The number of rotatable bonds is 18. The highest BCUT2D eigenvalue weighted by atomic mass is 15.1. The predicted molar refractivity (Wildman–Crippen MR) is 475 cm³/mol. The Bertz CT molecular complexity index is 6740. The second kappa shape index (κ2) is 34.1. The second-order valence-electron chi connectivity index (χ2n) is 28.1. The van der Waals surface area contributed by atoms with Crippen LogP contribution < -0.4 is 0 Å². The Morgan fingerprint density at radius 1 is 0.117 bits per heavy atom. The molecule has 0 aliphatic heterocycles. The minimum Gasteiger partial charge on any atom is -0.255 e. The zero-order valence-electron chi connectivity index (χ0n) is 64.4. The van der Waals surface area contributed by atoms with Crippen LogP contribution in [0.4, 0.5) is 0 Å². The first-order chi connectivity index (χ1) is 59.4. The molecule has 0 aliphatic carbocycles. The van der Waals surface area contributed by atoms with Gasteiger partial charge in [0.05, 0.1) is 68.3 Å². The van der Waals surface area contributed by atoms with Gasteiger partial charge in [0.15, 0.2) is 46.6 Å². The van der Waals surface area contributed by atoms with Crippen molar-refractivity contribution < 1.29 is 0 Å². The lowest BCUT2D eigenvalue weighted by Crippen LogP contribution is -2.02. The first-order valence-corrected chi connectivity index (χ1v) is 39.2. The molecule has 0 fully saturated rings. The molecule has 16 nitrogen and oxygen atoms in total. The Balaban J connectivity index is 0.000000159. The molecule has 0 unspecified atom stereocenters. The normalized spacial score (nSPS) is 11.0. The zero-order chi connectivity index (χ0) is 80.2. The Hall–Kier alpha value is -16.7. The molecule has 0 amide bonds. The largest absolute Gasteiger partial charge is 0.255 e. The molecular formula is C104H68N16. The van der Waals surface area contributed by atoms with E-state index in [1.807, 2.05) is 303 Å². The van der Waals surface area contributed by atoms with E-state index in [1.54, 1.807) is 18.6 Å². The van der Waals surface area contributed by atoms with Gasteiger partial charge in [0.2, 0.25) is 0 Å². The summed E-state index contributed by atoms with van der Waals surface area (Å²) in [6.45, 7) is 0. The van der Waals surface area contributed by atoms with E-state index in [-0.39, 0.29) is 0 Å². The predicted octanol–water partition coefficient (Wildman–Crippen LogP) is 23.7. The van der Waals surface area contributed by atoms with Gasteiger partial charge in [-0.25, -0.2) is 64.8 Å². The molecule has 10 aromatic heterocycles. The first-order valence-electron chi connectivity index (χ1n) is 39.2. The lowest BCUT2D eigenvalue weighted by atomic mass is 9.95. The maximum absolute atomic E-state index is 5.19. The van der Waals surface area contributed by atoms with Crippen molar-refractivity contribution in [1.82, 2.24) is 79.7 Å². The van der Waals surface area contributed by atoms with Gasteiger partial charge in [-0.3, -0.25) is 15.0 Å². The van der Waals surface area contributed by atoms with E-state index in [9.17, 15) is 0 Å². The number of benzene rings is 10. The summed E-state index contributed by atoms with van der Waals surface area (Å²) < 4.78 is 0. The summed E-state index contributed by atoms with van der Waals surface area (Å²) in [6, 6.07) is 131. The number of hydrogen-bond acceptors (Lipinski definition) is 16. The summed E-state index contributed by atoms with van der Waals surface area (Å²) >= 11 is 0. The standard InChI is InChI=1S/2C52H34N8/c1-5-18-35(19-6-1)45-34-46(57-49(56-45)36-20-7-2-8-21-36)41-27-14-13-26-40(41)39-32-47(42-28-15-16-31-53-42)55-48(33-39)43-29-17-30-44(54-43)52-59-50(37-22-9-3-10-23-37)58-51(60-52)38-24-11-4-12-25-38;1-5-16-36(17-6-1)44-34-45(57-49(56-44)37-18-7-2-8-19-37)42-24-15-31-54-48(42)47-33-41(32-46(55-47)43-25-13-14-30-53-43)35-26-28-40(29-27-35)52-59-50(38-20-9-3-10-21-38)58-51(60-52)39-22-11-4-12-23-39/h2*1-34H. The topological polar surface area (TPSA) is 206 Å². The third-order valence-electron chi connectivity index (χ3n) is 20.1. The molecule has 10 heterocycles. The number of aromatic nitrogens is 16. The Morgan fingerprint density at radius 3 is 0.842 bits per heavy atom. The fourth-order valence-corrected chi connectivity index (χ4v) is 14.2. The molecule has 0 aliphatic rings. The van der Waals surface area contributed by atoms with E-state index in [4.69, 9.17) is 74.8 Å². The van der Waals surface area contributed by atoms with Crippen molar-refractivity contribution in [3.8, 4) is 204 Å². The molecule has 0 bridgehead atoms. The molecule has 10 aromatic carbocycles. The van der Waals surface area contributed by atoms with Crippen LogP contribution in [-0.4, -0.2) is 79.7 Å². The van der Waals surface area contributed by atoms with Gasteiger partial charge in [0.25, 0.3) is 0 Å². The molecule has 20 aromatic rings. The summed E-state index contributed by atoms with van der Waals surface area (Å²) in [7, 11) is 0. The van der Waals surface area contributed by atoms with Crippen LogP contribution in [0.3, 0.4) is 0 Å². The van der Waals surface area contributed by atoms with Crippen LogP contribution in [0.25, 0.3) is 204 Å². The smallest absolute Gasteiger partial charge is 0.182 e. The highest BCUT2D eigenvalue weighted by molar-refractivity contribution is 5.88. The fourth-order valence-electron chi connectivity index (χ4n) is 14.2. The van der Waals surface area contributed by atoms with Gasteiger partial charge in [-0.1, -0.05) is 309 Å². The summed E-state index contributed by atoms with van der Waals surface area (Å²) in [4.78, 5) is 79.7. The highest BCUT2D eigenvalue weighted by Gasteiger charge is 2.23. The van der Waals surface area contributed by atoms with E-state index < -0.39 is 0 Å². The zero-order valence-corrected chi connectivity index (χ0v) is 64.4. The van der Waals surface area contributed by atoms with E-state index in [1.165, 1.54) is 0 Å². The van der Waals surface area contributed by atoms with Gasteiger partial charge in [0, 0.05) is 79.8 Å². The molecule has 0 radical (unpaired) electrons. The van der Waals surface area contributed by atoms with Gasteiger partial charge in [-0.05, 0) is 107 Å². The second-order valence-corrected chi connectivity index (χ2v) is 28.1. The molecule has 0 saturated carbocycles. The molecule has 0 saturated heterocycles. The molecule has 20 rings (SSSR count). The monoisotopic (exact) mass is 1540 g/mol. The van der Waals surface area contributed by atoms with Crippen molar-refractivity contribution in [2.75, 3.05) is 0 Å². The lowest BCUT2D eigenvalue weighted by Gasteiger charge is -2.15. The molecule has 564 valence electrons. The Morgan fingerprint density at radius 2 is 0.408 bits per heavy atom. The first kappa shape index (κ1) is 73.5. The number of pyridine rings is 6. The van der Waals surface area contributed by atoms with Crippen molar-refractivity contribution in [1.29, 1.82) is 0 Å². The number of nitrogens with zero attached hydrogens (tertiary/aromatic N) is 16. The fraction of sp³-hybridized carbons (Fsp3) is 0. The lowest BCUT2D eigenvalue weighted by molar-refractivity contribution is 1.06. The molecular weight excluding hydrogens is 1470 g/mol. The van der Waals surface area contributed by atoms with Crippen LogP contribution in [0.15, 0.2) is 413 Å². The SMILES string of the molecule is c1ccc(-c2cc(-c3ccccc3-c3cc(-c4ccccn4)nc(-c4cccc(-c5nc(-c6ccccc6)nc(-c6ccccc6)n5)n4)c3)nc(-c3ccccc3)n2)cc1.c1ccc(-c2cc(-c3cccnc3-c3cc(-c4ccc(-c5nc(-c6ccccc6)nc(-c6ccccc6)n5)cc4)cc(-c4ccccn4)n3)nc(-c3ccccc3)n2)cc1.